The zero-order chi connectivity index (χ0) is 25.8. The van der Waals surface area contributed by atoms with Gasteiger partial charge in [-0.15, -0.1) is 0 Å². The normalized spacial score (nSPS) is 11.8. The van der Waals surface area contributed by atoms with Gasteiger partial charge in [-0.3, -0.25) is 9.10 Å². The van der Waals surface area contributed by atoms with Crippen LogP contribution in [-0.4, -0.2) is 27.7 Å². The molecule has 0 bridgehead atoms. The number of halogens is 4. The standard InChI is InChI=1S/C24H22ClF3N2O4S/c1-34-15-17-4-3-5-19(12-17)29-23(31)18-8-6-16(7-9-18)14-30(35(2,32)33)20-10-11-22(25)21(13-20)24(26,27)28/h3-13H,14-15H2,1-2H3,(H,29,31). The third-order valence-corrected chi connectivity index (χ3v) is 6.45. The zero-order valence-corrected chi connectivity index (χ0v) is 20.3. The van der Waals surface area contributed by atoms with Gasteiger partial charge in [0.25, 0.3) is 5.91 Å². The number of carbonyl (C=O) groups is 1. The van der Waals surface area contributed by atoms with Gasteiger partial charge >= 0.3 is 6.18 Å². The van der Waals surface area contributed by atoms with Crippen LogP contribution in [0.15, 0.2) is 66.7 Å². The summed E-state index contributed by atoms with van der Waals surface area (Å²) in [5.41, 5.74) is 0.951. The van der Waals surface area contributed by atoms with Gasteiger partial charge in [0.15, 0.2) is 0 Å². The average molecular weight is 527 g/mol. The van der Waals surface area contributed by atoms with Crippen molar-refractivity contribution < 1.29 is 31.1 Å². The molecule has 186 valence electrons. The molecule has 0 radical (unpaired) electrons. The van der Waals surface area contributed by atoms with Crippen molar-refractivity contribution in [1.29, 1.82) is 0 Å². The van der Waals surface area contributed by atoms with Crippen LogP contribution < -0.4 is 9.62 Å². The molecule has 1 amide bonds. The number of amides is 1. The lowest BCUT2D eigenvalue weighted by molar-refractivity contribution is -0.137. The topological polar surface area (TPSA) is 75.7 Å². The summed E-state index contributed by atoms with van der Waals surface area (Å²) in [5, 5.41) is 2.24. The SMILES string of the molecule is COCc1cccc(NC(=O)c2ccc(CN(c3ccc(Cl)c(C(F)(F)F)c3)S(C)(=O)=O)cc2)c1. The van der Waals surface area contributed by atoms with Gasteiger partial charge in [-0.2, -0.15) is 13.2 Å². The van der Waals surface area contributed by atoms with E-state index in [9.17, 15) is 26.4 Å². The lowest BCUT2D eigenvalue weighted by Crippen LogP contribution is -2.29. The molecular weight excluding hydrogens is 505 g/mol. The quantitative estimate of drug-likeness (QED) is 0.407. The van der Waals surface area contributed by atoms with Crippen molar-refractivity contribution in [3.05, 3.63) is 94.0 Å². The minimum atomic E-state index is -4.74. The average Bonchev–Trinajstić information content (AvgIpc) is 2.77. The van der Waals surface area contributed by atoms with E-state index in [0.717, 1.165) is 22.2 Å². The highest BCUT2D eigenvalue weighted by molar-refractivity contribution is 7.92. The van der Waals surface area contributed by atoms with Gasteiger partial charge in [0.1, 0.15) is 0 Å². The van der Waals surface area contributed by atoms with E-state index in [2.05, 4.69) is 5.32 Å². The summed E-state index contributed by atoms with van der Waals surface area (Å²) in [7, 11) is -2.36. The number of hydrogen-bond donors (Lipinski definition) is 1. The van der Waals surface area contributed by atoms with Gasteiger partial charge in [0, 0.05) is 18.4 Å². The van der Waals surface area contributed by atoms with Crippen molar-refractivity contribution >= 4 is 38.9 Å². The molecule has 0 fully saturated rings. The third-order valence-electron chi connectivity index (χ3n) is 4.98. The number of methoxy groups -OCH3 is 1. The maximum atomic E-state index is 13.3. The van der Waals surface area contributed by atoms with E-state index in [1.54, 1.807) is 25.3 Å². The Balaban J connectivity index is 1.80. The van der Waals surface area contributed by atoms with E-state index in [1.165, 1.54) is 30.3 Å². The Labute approximate surface area is 206 Å². The number of benzene rings is 3. The maximum Gasteiger partial charge on any atom is 0.417 e. The highest BCUT2D eigenvalue weighted by atomic mass is 35.5. The molecular formula is C24H22ClF3N2O4S. The Kier molecular flexibility index (Phi) is 8.09. The summed E-state index contributed by atoms with van der Waals surface area (Å²) < 4.78 is 70.4. The Morgan fingerprint density at radius 3 is 2.31 bits per heavy atom. The van der Waals surface area contributed by atoms with Gasteiger partial charge in [-0.1, -0.05) is 35.9 Å². The van der Waals surface area contributed by atoms with Crippen molar-refractivity contribution in [2.45, 2.75) is 19.3 Å². The summed E-state index contributed by atoms with van der Waals surface area (Å²) in [6, 6.07) is 16.2. The molecule has 35 heavy (non-hydrogen) atoms. The van der Waals surface area contributed by atoms with Crippen molar-refractivity contribution in [2.24, 2.45) is 0 Å². The van der Waals surface area contributed by atoms with E-state index < -0.39 is 26.8 Å². The largest absolute Gasteiger partial charge is 0.417 e. The fourth-order valence-electron chi connectivity index (χ4n) is 3.32. The van der Waals surface area contributed by atoms with Gasteiger partial charge in [0.05, 0.1) is 35.7 Å². The molecule has 0 saturated carbocycles. The van der Waals surface area contributed by atoms with E-state index in [-0.39, 0.29) is 18.1 Å². The van der Waals surface area contributed by atoms with Crippen LogP contribution in [0.3, 0.4) is 0 Å². The Hall–Kier alpha value is -3.08. The highest BCUT2D eigenvalue weighted by Crippen LogP contribution is 2.37. The number of ether oxygens (including phenoxy) is 1. The summed E-state index contributed by atoms with van der Waals surface area (Å²) in [4.78, 5) is 12.6. The van der Waals surface area contributed by atoms with Crippen LogP contribution in [0.25, 0.3) is 0 Å². The smallest absolute Gasteiger partial charge is 0.380 e. The van der Waals surface area contributed by atoms with Crippen LogP contribution in [0.2, 0.25) is 5.02 Å². The molecule has 0 heterocycles. The van der Waals surface area contributed by atoms with Crippen LogP contribution in [0, 0.1) is 0 Å². The lowest BCUT2D eigenvalue weighted by atomic mass is 10.1. The summed E-state index contributed by atoms with van der Waals surface area (Å²) in [6.07, 6.45) is -3.84. The van der Waals surface area contributed by atoms with Crippen LogP contribution >= 0.6 is 11.6 Å². The van der Waals surface area contributed by atoms with Gasteiger partial charge in [0.2, 0.25) is 10.0 Å². The summed E-state index contributed by atoms with van der Waals surface area (Å²) in [5.74, 6) is -0.376. The Morgan fingerprint density at radius 1 is 1.03 bits per heavy atom. The molecule has 3 aromatic carbocycles. The van der Waals surface area contributed by atoms with Crippen molar-refractivity contribution in [1.82, 2.24) is 0 Å². The van der Waals surface area contributed by atoms with Crippen LogP contribution in [0.5, 0.6) is 0 Å². The number of rotatable bonds is 8. The number of hydrogen-bond acceptors (Lipinski definition) is 4. The molecule has 6 nitrogen and oxygen atoms in total. The van der Waals surface area contributed by atoms with Crippen molar-refractivity contribution in [2.75, 3.05) is 23.0 Å². The molecule has 0 aliphatic rings. The number of nitrogens with one attached hydrogen (secondary N) is 1. The van der Waals surface area contributed by atoms with Gasteiger partial charge < -0.3 is 10.1 Å². The molecule has 3 aromatic rings. The van der Waals surface area contributed by atoms with Crippen LogP contribution in [-0.2, 0) is 34.1 Å². The number of alkyl halides is 3. The first kappa shape index (κ1) is 26.5. The van der Waals surface area contributed by atoms with Gasteiger partial charge in [-0.25, -0.2) is 8.42 Å². The van der Waals surface area contributed by atoms with Crippen LogP contribution in [0.4, 0.5) is 24.5 Å². The molecule has 0 saturated heterocycles. The number of carbonyl (C=O) groups excluding carboxylic acids is 1. The fraction of sp³-hybridized carbons (Fsp3) is 0.208. The first-order chi connectivity index (χ1) is 16.4. The first-order valence-electron chi connectivity index (χ1n) is 10.2. The highest BCUT2D eigenvalue weighted by Gasteiger charge is 2.34. The predicted octanol–water partition coefficient (Wildman–Crippen LogP) is 5.72. The van der Waals surface area contributed by atoms with Crippen molar-refractivity contribution in [3.63, 3.8) is 0 Å². The minimum Gasteiger partial charge on any atom is -0.380 e. The lowest BCUT2D eigenvalue weighted by Gasteiger charge is -2.24. The number of nitrogens with zero attached hydrogens (tertiary/aromatic N) is 1. The Morgan fingerprint density at radius 2 is 1.71 bits per heavy atom. The minimum absolute atomic E-state index is 0.179. The van der Waals surface area contributed by atoms with E-state index in [4.69, 9.17) is 16.3 Å². The molecule has 0 unspecified atom stereocenters. The fourth-order valence-corrected chi connectivity index (χ4v) is 4.43. The molecule has 0 aromatic heterocycles. The second-order valence-electron chi connectivity index (χ2n) is 7.72. The molecule has 0 atom stereocenters. The zero-order valence-electron chi connectivity index (χ0n) is 18.8. The Bertz CT molecular complexity index is 1310. The molecule has 0 spiro atoms. The summed E-state index contributed by atoms with van der Waals surface area (Å²) in [6.45, 7) is 0.159. The maximum absolute atomic E-state index is 13.3. The second-order valence-corrected chi connectivity index (χ2v) is 10.0. The molecule has 3 rings (SSSR count). The summed E-state index contributed by atoms with van der Waals surface area (Å²) >= 11 is 5.66. The molecule has 1 N–H and O–H groups in total. The van der Waals surface area contributed by atoms with Crippen LogP contribution in [0.1, 0.15) is 27.0 Å². The number of anilines is 2. The monoisotopic (exact) mass is 526 g/mol. The van der Waals surface area contributed by atoms with Crippen molar-refractivity contribution in [3.8, 4) is 0 Å². The van der Waals surface area contributed by atoms with E-state index in [1.807, 2.05) is 6.07 Å². The molecule has 0 aliphatic heterocycles. The third kappa shape index (κ3) is 6.97. The van der Waals surface area contributed by atoms with E-state index in [0.29, 0.717) is 29.5 Å². The number of sulfonamides is 1. The molecule has 0 aliphatic carbocycles. The predicted molar refractivity (Wildman–Crippen MR) is 129 cm³/mol. The first-order valence-corrected chi connectivity index (χ1v) is 12.4. The second kappa shape index (κ2) is 10.7. The van der Waals surface area contributed by atoms with E-state index >= 15 is 0 Å². The molecule has 11 heteroatoms. The van der Waals surface area contributed by atoms with Gasteiger partial charge in [-0.05, 0) is 53.6 Å².